The first-order valence-electron chi connectivity index (χ1n) is 6.86. The zero-order valence-corrected chi connectivity index (χ0v) is 12.5. The van der Waals surface area contributed by atoms with Crippen LogP contribution in [-0.4, -0.2) is 12.6 Å². The fourth-order valence-electron chi connectivity index (χ4n) is 2.79. The molecule has 0 aromatic heterocycles. The lowest BCUT2D eigenvalue weighted by Gasteiger charge is -2.13. The van der Waals surface area contributed by atoms with Crippen LogP contribution in [0, 0.1) is 11.7 Å². The highest BCUT2D eigenvalue weighted by atomic mass is 79.9. The maximum atomic E-state index is 13.8. The molecule has 0 amide bonds. The lowest BCUT2D eigenvalue weighted by atomic mass is 9.97. The van der Waals surface area contributed by atoms with Crippen LogP contribution in [0.15, 0.2) is 22.7 Å². The summed E-state index contributed by atoms with van der Waals surface area (Å²) >= 11 is 3.30. The molecule has 1 nitrogen and oxygen atoms in total. The molecule has 0 aliphatic heterocycles. The van der Waals surface area contributed by atoms with Gasteiger partial charge in [-0.3, -0.25) is 0 Å². The smallest absolute Gasteiger partial charge is 0.127 e. The Bertz CT molecular complexity index is 394. The standard InChI is InChI=1S/C15H21BrFN/c1-2-7-18-14-6-3-11(9-14)8-12-4-5-13(16)10-15(12)17/h4-5,10-11,14,18H,2-3,6-9H2,1H3. The molecule has 1 aliphatic carbocycles. The fraction of sp³-hybridized carbons (Fsp3) is 0.600. The zero-order valence-electron chi connectivity index (χ0n) is 10.9. The summed E-state index contributed by atoms with van der Waals surface area (Å²) in [6, 6.07) is 6.05. The lowest BCUT2D eigenvalue weighted by Crippen LogP contribution is -2.27. The van der Waals surface area contributed by atoms with E-state index in [4.69, 9.17) is 0 Å². The van der Waals surface area contributed by atoms with Crippen molar-refractivity contribution in [1.82, 2.24) is 5.32 Å². The van der Waals surface area contributed by atoms with Crippen LogP contribution in [0.3, 0.4) is 0 Å². The predicted molar refractivity (Wildman–Crippen MR) is 77.2 cm³/mol. The average Bonchev–Trinajstić information content (AvgIpc) is 2.78. The number of nitrogens with one attached hydrogen (secondary N) is 1. The van der Waals surface area contributed by atoms with Gasteiger partial charge in [0.25, 0.3) is 0 Å². The van der Waals surface area contributed by atoms with Crippen molar-refractivity contribution < 1.29 is 4.39 Å². The summed E-state index contributed by atoms with van der Waals surface area (Å²) in [5.74, 6) is 0.560. The lowest BCUT2D eigenvalue weighted by molar-refractivity contribution is 0.476. The Morgan fingerprint density at radius 2 is 2.22 bits per heavy atom. The highest BCUT2D eigenvalue weighted by Gasteiger charge is 2.24. The van der Waals surface area contributed by atoms with E-state index >= 15 is 0 Å². The Balaban J connectivity index is 1.87. The SMILES string of the molecule is CCCNC1CCC(Cc2ccc(Br)cc2F)C1. The van der Waals surface area contributed by atoms with Crippen LogP contribution in [-0.2, 0) is 6.42 Å². The molecular weight excluding hydrogens is 293 g/mol. The van der Waals surface area contributed by atoms with E-state index in [9.17, 15) is 4.39 Å². The third-order valence-corrected chi connectivity index (χ3v) is 4.24. The second-order valence-electron chi connectivity index (χ2n) is 5.27. The van der Waals surface area contributed by atoms with Crippen LogP contribution < -0.4 is 5.32 Å². The minimum atomic E-state index is -0.0747. The molecule has 1 saturated carbocycles. The summed E-state index contributed by atoms with van der Waals surface area (Å²) in [6.07, 6.45) is 5.71. The molecule has 1 aromatic carbocycles. The van der Waals surface area contributed by atoms with Crippen molar-refractivity contribution in [3.8, 4) is 0 Å². The summed E-state index contributed by atoms with van der Waals surface area (Å²) in [7, 11) is 0. The summed E-state index contributed by atoms with van der Waals surface area (Å²) in [4.78, 5) is 0. The second-order valence-corrected chi connectivity index (χ2v) is 6.19. The summed E-state index contributed by atoms with van der Waals surface area (Å²) in [5, 5.41) is 3.57. The van der Waals surface area contributed by atoms with Crippen LogP contribution >= 0.6 is 15.9 Å². The number of halogens is 2. The molecule has 1 aromatic rings. The zero-order chi connectivity index (χ0) is 13.0. The summed E-state index contributed by atoms with van der Waals surface area (Å²) in [6.45, 7) is 3.29. The van der Waals surface area contributed by atoms with E-state index in [1.54, 1.807) is 6.07 Å². The highest BCUT2D eigenvalue weighted by Crippen LogP contribution is 2.30. The van der Waals surface area contributed by atoms with Gasteiger partial charge >= 0.3 is 0 Å². The summed E-state index contributed by atoms with van der Waals surface area (Å²) in [5.41, 5.74) is 0.861. The van der Waals surface area contributed by atoms with E-state index in [1.165, 1.54) is 25.7 Å². The van der Waals surface area contributed by atoms with Gasteiger partial charge in [0.2, 0.25) is 0 Å². The molecule has 18 heavy (non-hydrogen) atoms. The number of hydrogen-bond acceptors (Lipinski definition) is 1. The van der Waals surface area contributed by atoms with Crippen LogP contribution in [0.2, 0.25) is 0 Å². The van der Waals surface area contributed by atoms with Gasteiger partial charge in [-0.15, -0.1) is 0 Å². The van der Waals surface area contributed by atoms with Crippen LogP contribution in [0.5, 0.6) is 0 Å². The molecule has 3 heteroatoms. The van der Waals surface area contributed by atoms with Crippen molar-refractivity contribution in [3.63, 3.8) is 0 Å². The maximum Gasteiger partial charge on any atom is 0.127 e. The molecule has 1 N–H and O–H groups in total. The third-order valence-electron chi connectivity index (χ3n) is 3.75. The van der Waals surface area contributed by atoms with E-state index < -0.39 is 0 Å². The van der Waals surface area contributed by atoms with E-state index in [0.29, 0.717) is 12.0 Å². The van der Waals surface area contributed by atoms with Gasteiger partial charge in [0.05, 0.1) is 0 Å². The molecule has 0 bridgehead atoms. The first kappa shape index (κ1) is 14.0. The first-order chi connectivity index (χ1) is 8.69. The van der Waals surface area contributed by atoms with E-state index in [-0.39, 0.29) is 5.82 Å². The second kappa shape index (κ2) is 6.67. The van der Waals surface area contributed by atoms with Crippen LogP contribution in [0.1, 0.15) is 38.2 Å². The van der Waals surface area contributed by atoms with Gasteiger partial charge in [-0.2, -0.15) is 0 Å². The van der Waals surface area contributed by atoms with E-state index in [1.807, 2.05) is 12.1 Å². The molecule has 0 heterocycles. The minimum Gasteiger partial charge on any atom is -0.314 e. The predicted octanol–water partition coefficient (Wildman–Crippen LogP) is 4.30. The molecule has 100 valence electrons. The first-order valence-corrected chi connectivity index (χ1v) is 7.65. The molecule has 1 aliphatic rings. The number of rotatable bonds is 5. The third kappa shape index (κ3) is 3.79. The van der Waals surface area contributed by atoms with Crippen molar-refractivity contribution in [1.29, 1.82) is 0 Å². The van der Waals surface area contributed by atoms with Gasteiger partial charge in [0.15, 0.2) is 0 Å². The Labute approximate surface area is 117 Å². The van der Waals surface area contributed by atoms with Crippen molar-refractivity contribution in [2.45, 2.75) is 45.1 Å². The normalized spacial score (nSPS) is 23.5. The van der Waals surface area contributed by atoms with E-state index in [0.717, 1.165) is 23.0 Å². The van der Waals surface area contributed by atoms with Crippen molar-refractivity contribution in [3.05, 3.63) is 34.1 Å². The number of hydrogen-bond donors (Lipinski definition) is 1. The molecule has 0 radical (unpaired) electrons. The van der Waals surface area contributed by atoms with Gasteiger partial charge in [0, 0.05) is 10.5 Å². The molecule has 1 fully saturated rings. The topological polar surface area (TPSA) is 12.0 Å². The average molecular weight is 314 g/mol. The Kier molecular flexibility index (Phi) is 5.19. The quantitative estimate of drug-likeness (QED) is 0.854. The Morgan fingerprint density at radius 1 is 1.39 bits per heavy atom. The number of benzene rings is 1. The van der Waals surface area contributed by atoms with Crippen molar-refractivity contribution in [2.24, 2.45) is 5.92 Å². The van der Waals surface area contributed by atoms with Gasteiger partial charge in [-0.05, 0) is 62.3 Å². The van der Waals surface area contributed by atoms with Gasteiger partial charge in [-0.1, -0.05) is 28.9 Å². The molecule has 2 unspecified atom stereocenters. The fourth-order valence-corrected chi connectivity index (χ4v) is 3.13. The van der Waals surface area contributed by atoms with Gasteiger partial charge in [-0.25, -0.2) is 4.39 Å². The minimum absolute atomic E-state index is 0.0747. The molecule has 2 rings (SSSR count). The molecular formula is C15H21BrFN. The van der Waals surface area contributed by atoms with Gasteiger partial charge in [0.1, 0.15) is 5.82 Å². The molecule has 0 spiro atoms. The van der Waals surface area contributed by atoms with Crippen molar-refractivity contribution >= 4 is 15.9 Å². The van der Waals surface area contributed by atoms with E-state index in [2.05, 4.69) is 28.2 Å². The van der Waals surface area contributed by atoms with Gasteiger partial charge < -0.3 is 5.32 Å². The Morgan fingerprint density at radius 3 is 2.94 bits per heavy atom. The molecule has 2 atom stereocenters. The highest BCUT2D eigenvalue weighted by molar-refractivity contribution is 9.10. The van der Waals surface area contributed by atoms with Crippen molar-refractivity contribution in [2.75, 3.05) is 6.54 Å². The monoisotopic (exact) mass is 313 g/mol. The largest absolute Gasteiger partial charge is 0.314 e. The molecule has 0 saturated heterocycles. The maximum absolute atomic E-state index is 13.8. The Hall–Kier alpha value is -0.410. The van der Waals surface area contributed by atoms with Crippen LogP contribution in [0.4, 0.5) is 4.39 Å². The van der Waals surface area contributed by atoms with Crippen LogP contribution in [0.25, 0.3) is 0 Å². The summed E-state index contributed by atoms with van der Waals surface area (Å²) < 4.78 is 14.6.